The zero-order valence-electron chi connectivity index (χ0n) is 15.8. The number of ether oxygens (including phenoxy) is 2. The van der Waals surface area contributed by atoms with Gasteiger partial charge < -0.3 is 19.4 Å². The smallest absolute Gasteiger partial charge is 0.338 e. The Morgan fingerprint density at radius 2 is 2.07 bits per heavy atom. The maximum Gasteiger partial charge on any atom is 0.338 e. The zero-order chi connectivity index (χ0) is 20.6. The molecule has 0 saturated carbocycles. The van der Waals surface area contributed by atoms with Gasteiger partial charge in [-0.15, -0.1) is 0 Å². The third-order valence-corrected chi connectivity index (χ3v) is 4.42. The van der Waals surface area contributed by atoms with Gasteiger partial charge in [-0.25, -0.2) is 9.78 Å². The van der Waals surface area contributed by atoms with Crippen molar-refractivity contribution in [2.24, 2.45) is 0 Å². The molecule has 0 aliphatic carbocycles. The number of benzene rings is 2. The summed E-state index contributed by atoms with van der Waals surface area (Å²) in [6.07, 6.45) is 5.40. The van der Waals surface area contributed by atoms with Crippen LogP contribution in [0.15, 0.2) is 61.2 Å². The molecule has 29 heavy (non-hydrogen) atoms. The van der Waals surface area contributed by atoms with Gasteiger partial charge in [-0.05, 0) is 35.9 Å². The van der Waals surface area contributed by atoms with Crippen molar-refractivity contribution in [2.45, 2.75) is 19.6 Å². The molecule has 0 bridgehead atoms. The van der Waals surface area contributed by atoms with Crippen molar-refractivity contribution in [2.75, 3.05) is 12.4 Å². The lowest BCUT2D eigenvalue weighted by molar-refractivity contribution is -0.116. The number of aryl methyl sites for hydroxylation is 1. The standard InChI is InChI=1S/C21H20ClN3O4/c1-28-19-6-5-15(11-18(19)22)13-29-21(27)16-3-2-4-17(12-16)24-20(26)7-9-25-10-8-23-14-25/h2-6,8,10-12,14H,7,9,13H2,1H3,(H,24,26). The number of carbonyl (C=O) groups excluding carboxylic acids is 2. The molecule has 0 atom stereocenters. The molecular weight excluding hydrogens is 394 g/mol. The number of methoxy groups -OCH3 is 1. The molecule has 1 heterocycles. The number of halogens is 1. The number of nitrogens with zero attached hydrogens (tertiary/aromatic N) is 2. The second kappa shape index (κ2) is 9.75. The van der Waals surface area contributed by atoms with E-state index in [9.17, 15) is 9.59 Å². The number of esters is 1. The molecule has 0 spiro atoms. The predicted molar refractivity (Wildman–Crippen MR) is 109 cm³/mol. The van der Waals surface area contributed by atoms with E-state index in [2.05, 4.69) is 10.3 Å². The van der Waals surface area contributed by atoms with Crippen LogP contribution in [-0.2, 0) is 22.7 Å². The number of rotatable bonds is 8. The lowest BCUT2D eigenvalue weighted by Crippen LogP contribution is -2.14. The van der Waals surface area contributed by atoms with E-state index >= 15 is 0 Å². The number of carbonyl (C=O) groups is 2. The second-order valence-electron chi connectivity index (χ2n) is 6.22. The first-order chi connectivity index (χ1) is 14.0. The lowest BCUT2D eigenvalue weighted by Gasteiger charge is -2.09. The molecule has 3 aromatic rings. The van der Waals surface area contributed by atoms with Crippen molar-refractivity contribution in [1.29, 1.82) is 0 Å². The van der Waals surface area contributed by atoms with E-state index in [4.69, 9.17) is 21.1 Å². The Hall–Kier alpha value is -3.32. The summed E-state index contributed by atoms with van der Waals surface area (Å²) >= 11 is 6.08. The first kappa shape index (κ1) is 20.4. The predicted octanol–water partition coefficient (Wildman–Crippen LogP) is 3.93. The van der Waals surface area contributed by atoms with Crippen molar-refractivity contribution in [1.82, 2.24) is 9.55 Å². The average molecular weight is 414 g/mol. The number of hydrogen-bond acceptors (Lipinski definition) is 5. The van der Waals surface area contributed by atoms with Crippen molar-refractivity contribution < 1.29 is 19.1 Å². The number of imidazole rings is 1. The maximum absolute atomic E-state index is 12.3. The van der Waals surface area contributed by atoms with Gasteiger partial charge in [-0.1, -0.05) is 23.7 Å². The third-order valence-electron chi connectivity index (χ3n) is 4.12. The fourth-order valence-electron chi connectivity index (χ4n) is 2.63. The summed E-state index contributed by atoms with van der Waals surface area (Å²) in [5.74, 6) is -0.0956. The minimum absolute atomic E-state index is 0.0735. The molecule has 0 saturated heterocycles. The van der Waals surface area contributed by atoms with Crippen LogP contribution in [0.4, 0.5) is 5.69 Å². The average Bonchev–Trinajstić information content (AvgIpc) is 3.24. The van der Waals surface area contributed by atoms with Crippen LogP contribution in [0.2, 0.25) is 5.02 Å². The molecule has 2 aromatic carbocycles. The largest absolute Gasteiger partial charge is 0.495 e. The molecule has 0 radical (unpaired) electrons. The highest BCUT2D eigenvalue weighted by molar-refractivity contribution is 6.32. The summed E-state index contributed by atoms with van der Waals surface area (Å²) in [6.45, 7) is 0.599. The normalized spacial score (nSPS) is 10.4. The van der Waals surface area contributed by atoms with Crippen LogP contribution in [0.3, 0.4) is 0 Å². The number of amides is 1. The highest BCUT2D eigenvalue weighted by Crippen LogP contribution is 2.25. The summed E-state index contributed by atoms with van der Waals surface area (Å²) in [5.41, 5.74) is 1.62. The van der Waals surface area contributed by atoms with E-state index in [1.807, 2.05) is 4.57 Å². The molecule has 0 aliphatic rings. The molecule has 0 unspecified atom stereocenters. The van der Waals surface area contributed by atoms with Crippen LogP contribution in [0.5, 0.6) is 5.75 Å². The Kier molecular flexibility index (Phi) is 6.86. The highest BCUT2D eigenvalue weighted by Gasteiger charge is 2.11. The van der Waals surface area contributed by atoms with Crippen molar-refractivity contribution in [3.63, 3.8) is 0 Å². The van der Waals surface area contributed by atoms with Crippen LogP contribution in [0.25, 0.3) is 0 Å². The van der Waals surface area contributed by atoms with Gasteiger partial charge >= 0.3 is 5.97 Å². The minimum atomic E-state index is -0.494. The van der Waals surface area contributed by atoms with E-state index in [0.29, 0.717) is 35.0 Å². The Bertz CT molecular complexity index is 989. The lowest BCUT2D eigenvalue weighted by atomic mass is 10.2. The zero-order valence-corrected chi connectivity index (χ0v) is 16.6. The summed E-state index contributed by atoms with van der Waals surface area (Å²) in [6, 6.07) is 11.8. The first-order valence-corrected chi connectivity index (χ1v) is 9.28. The van der Waals surface area contributed by atoms with Gasteiger partial charge in [-0.2, -0.15) is 0 Å². The topological polar surface area (TPSA) is 82.5 Å². The molecule has 150 valence electrons. The van der Waals surface area contributed by atoms with Crippen molar-refractivity contribution >= 4 is 29.2 Å². The molecule has 1 N–H and O–H groups in total. The van der Waals surface area contributed by atoms with E-state index in [-0.39, 0.29) is 12.5 Å². The Morgan fingerprint density at radius 3 is 2.79 bits per heavy atom. The van der Waals surface area contributed by atoms with Crippen LogP contribution in [-0.4, -0.2) is 28.5 Å². The Morgan fingerprint density at radius 1 is 1.21 bits per heavy atom. The third kappa shape index (κ3) is 5.83. The van der Waals surface area contributed by atoms with Gasteiger partial charge in [0.25, 0.3) is 0 Å². The summed E-state index contributed by atoms with van der Waals surface area (Å²) < 4.78 is 12.3. The Labute approximate surface area is 173 Å². The number of hydrogen-bond donors (Lipinski definition) is 1. The molecule has 7 nitrogen and oxygen atoms in total. The molecule has 1 aromatic heterocycles. The summed E-state index contributed by atoms with van der Waals surface area (Å²) in [4.78, 5) is 28.4. The SMILES string of the molecule is COc1ccc(COC(=O)c2cccc(NC(=O)CCn3ccnc3)c2)cc1Cl. The van der Waals surface area contributed by atoms with Gasteiger partial charge in [-0.3, -0.25) is 4.79 Å². The van der Waals surface area contributed by atoms with Crippen LogP contribution >= 0.6 is 11.6 Å². The van der Waals surface area contributed by atoms with Crippen molar-refractivity contribution in [3.8, 4) is 5.75 Å². The van der Waals surface area contributed by atoms with Crippen LogP contribution < -0.4 is 10.1 Å². The summed E-state index contributed by atoms with van der Waals surface area (Å²) in [7, 11) is 1.53. The second-order valence-corrected chi connectivity index (χ2v) is 6.63. The van der Waals surface area contributed by atoms with E-state index in [1.165, 1.54) is 7.11 Å². The quantitative estimate of drug-likeness (QED) is 0.566. The summed E-state index contributed by atoms with van der Waals surface area (Å²) in [5, 5.41) is 3.23. The van der Waals surface area contributed by atoms with Gasteiger partial charge in [0.2, 0.25) is 5.91 Å². The molecule has 8 heteroatoms. The fraction of sp³-hybridized carbons (Fsp3) is 0.190. The van der Waals surface area contributed by atoms with E-state index in [1.54, 1.807) is 61.2 Å². The highest BCUT2D eigenvalue weighted by atomic mass is 35.5. The number of anilines is 1. The molecule has 0 fully saturated rings. The first-order valence-electron chi connectivity index (χ1n) is 8.90. The van der Waals surface area contributed by atoms with E-state index < -0.39 is 5.97 Å². The minimum Gasteiger partial charge on any atom is -0.495 e. The Balaban J connectivity index is 1.54. The van der Waals surface area contributed by atoms with E-state index in [0.717, 1.165) is 5.56 Å². The molecule has 3 rings (SSSR count). The molecule has 1 amide bonds. The van der Waals surface area contributed by atoms with Crippen LogP contribution in [0.1, 0.15) is 22.3 Å². The fourth-order valence-corrected chi connectivity index (χ4v) is 2.91. The number of nitrogens with one attached hydrogen (secondary N) is 1. The molecular formula is C21H20ClN3O4. The van der Waals surface area contributed by atoms with Crippen LogP contribution in [0, 0.1) is 0 Å². The maximum atomic E-state index is 12.3. The molecule has 0 aliphatic heterocycles. The van der Waals surface area contributed by atoms with Gasteiger partial charge in [0, 0.05) is 31.0 Å². The van der Waals surface area contributed by atoms with Crippen molar-refractivity contribution in [3.05, 3.63) is 77.3 Å². The monoisotopic (exact) mass is 413 g/mol. The van der Waals surface area contributed by atoms with Gasteiger partial charge in [0.1, 0.15) is 12.4 Å². The van der Waals surface area contributed by atoms with Gasteiger partial charge in [0.15, 0.2) is 0 Å². The number of aromatic nitrogens is 2. The van der Waals surface area contributed by atoms with Gasteiger partial charge in [0.05, 0.1) is 24.0 Å².